The predicted molar refractivity (Wildman–Crippen MR) is 62.8 cm³/mol. The van der Waals surface area contributed by atoms with Crippen LogP contribution in [-0.4, -0.2) is 22.2 Å². The Bertz CT molecular complexity index is 395. The molecule has 4 nitrogen and oxygen atoms in total. The van der Waals surface area contributed by atoms with Crippen molar-refractivity contribution < 1.29 is 15.0 Å². The Morgan fingerprint density at radius 2 is 2.00 bits per heavy atom. The molecule has 1 aromatic carbocycles. The van der Waals surface area contributed by atoms with Crippen molar-refractivity contribution >= 4 is 37.8 Å². The molecule has 0 heterocycles. The van der Waals surface area contributed by atoms with E-state index in [0.717, 1.165) is 5.56 Å². The molecule has 0 saturated heterocycles. The minimum Gasteiger partial charge on any atom is -0.507 e. The molecular formula is C9H9Br2NO3. The Labute approximate surface area is 103 Å². The third kappa shape index (κ3) is 3.19. The summed E-state index contributed by atoms with van der Waals surface area (Å²) in [6.07, 6.45) is 0.203. The second-order valence-electron chi connectivity index (χ2n) is 3.04. The molecule has 1 atom stereocenters. The maximum Gasteiger partial charge on any atom is 0.320 e. The van der Waals surface area contributed by atoms with E-state index in [9.17, 15) is 9.90 Å². The highest BCUT2D eigenvalue weighted by molar-refractivity contribution is 9.11. The second kappa shape index (κ2) is 4.96. The largest absolute Gasteiger partial charge is 0.507 e. The van der Waals surface area contributed by atoms with Crippen LogP contribution in [0.3, 0.4) is 0 Å². The fourth-order valence-corrected chi connectivity index (χ4v) is 1.94. The van der Waals surface area contributed by atoms with Gasteiger partial charge < -0.3 is 15.9 Å². The number of halogens is 2. The highest BCUT2D eigenvalue weighted by Crippen LogP contribution is 2.31. The summed E-state index contributed by atoms with van der Waals surface area (Å²) in [7, 11) is 0. The molecule has 1 aromatic rings. The number of carboxylic acids is 1. The Balaban J connectivity index is 2.95. The van der Waals surface area contributed by atoms with Gasteiger partial charge in [0, 0.05) is 4.47 Å². The molecule has 0 aliphatic rings. The molecule has 0 unspecified atom stereocenters. The zero-order valence-corrected chi connectivity index (χ0v) is 10.7. The topological polar surface area (TPSA) is 83.5 Å². The number of hydrogen-bond acceptors (Lipinski definition) is 3. The SMILES string of the molecule is N[C@@H](Cc1cc(Br)c(O)cc1Br)C(=O)O. The number of nitrogens with two attached hydrogens (primary N) is 1. The highest BCUT2D eigenvalue weighted by atomic mass is 79.9. The number of aliphatic carboxylic acids is 1. The number of carbonyl (C=O) groups is 1. The molecule has 0 spiro atoms. The number of phenols is 1. The van der Waals surface area contributed by atoms with Crippen molar-refractivity contribution in [3.05, 3.63) is 26.6 Å². The minimum atomic E-state index is -1.05. The smallest absolute Gasteiger partial charge is 0.320 e. The van der Waals surface area contributed by atoms with E-state index in [1.165, 1.54) is 6.07 Å². The van der Waals surface area contributed by atoms with E-state index >= 15 is 0 Å². The van der Waals surface area contributed by atoms with Gasteiger partial charge in [0.05, 0.1) is 4.47 Å². The molecule has 82 valence electrons. The van der Waals surface area contributed by atoms with E-state index in [1.807, 2.05) is 0 Å². The molecule has 6 heteroatoms. The summed E-state index contributed by atoms with van der Waals surface area (Å²) in [5.41, 5.74) is 6.14. The fraction of sp³-hybridized carbons (Fsp3) is 0.222. The van der Waals surface area contributed by atoms with Gasteiger partial charge in [-0.05, 0) is 40.0 Å². The minimum absolute atomic E-state index is 0.0921. The number of phenolic OH excluding ortho intramolecular Hbond substituents is 1. The van der Waals surface area contributed by atoms with E-state index in [2.05, 4.69) is 31.9 Å². The normalized spacial score (nSPS) is 12.5. The highest BCUT2D eigenvalue weighted by Gasteiger charge is 2.15. The van der Waals surface area contributed by atoms with E-state index in [0.29, 0.717) is 8.95 Å². The Kier molecular flexibility index (Phi) is 4.12. The van der Waals surface area contributed by atoms with Crippen molar-refractivity contribution in [2.45, 2.75) is 12.5 Å². The van der Waals surface area contributed by atoms with Gasteiger partial charge in [-0.2, -0.15) is 0 Å². The summed E-state index contributed by atoms with van der Waals surface area (Å²) in [4.78, 5) is 10.6. The number of benzene rings is 1. The van der Waals surface area contributed by atoms with Crippen molar-refractivity contribution in [3.63, 3.8) is 0 Å². The van der Waals surface area contributed by atoms with Gasteiger partial charge in [-0.15, -0.1) is 0 Å². The molecule has 0 amide bonds. The van der Waals surface area contributed by atoms with Crippen LogP contribution in [0.4, 0.5) is 0 Å². The fourth-order valence-electron chi connectivity index (χ4n) is 1.06. The van der Waals surface area contributed by atoms with Crippen molar-refractivity contribution in [1.29, 1.82) is 0 Å². The standard InChI is InChI=1S/C9H9Br2NO3/c10-5-3-8(13)6(11)1-4(5)2-7(12)9(14)15/h1,3,7,13H,2,12H2,(H,14,15)/t7-/m0/s1. The average Bonchev–Trinajstić information content (AvgIpc) is 2.13. The number of rotatable bonds is 3. The third-order valence-electron chi connectivity index (χ3n) is 1.87. The lowest BCUT2D eigenvalue weighted by atomic mass is 10.1. The maximum atomic E-state index is 10.6. The molecular weight excluding hydrogens is 330 g/mol. The number of aromatic hydroxyl groups is 1. The summed E-state index contributed by atoms with van der Waals surface area (Å²) in [6.45, 7) is 0. The first-order valence-corrected chi connectivity index (χ1v) is 5.65. The van der Waals surface area contributed by atoms with E-state index in [-0.39, 0.29) is 12.2 Å². The average molecular weight is 339 g/mol. The first kappa shape index (κ1) is 12.5. The lowest BCUT2D eigenvalue weighted by molar-refractivity contribution is -0.138. The maximum absolute atomic E-state index is 10.6. The van der Waals surface area contributed by atoms with Crippen molar-refractivity contribution in [2.75, 3.05) is 0 Å². The zero-order valence-electron chi connectivity index (χ0n) is 7.58. The summed E-state index contributed by atoms with van der Waals surface area (Å²) >= 11 is 6.38. The first-order chi connectivity index (χ1) is 6.91. The summed E-state index contributed by atoms with van der Waals surface area (Å²) in [5.74, 6) is -0.958. The van der Waals surface area contributed by atoms with Gasteiger partial charge in [0.25, 0.3) is 0 Å². The Morgan fingerprint density at radius 3 is 2.53 bits per heavy atom. The Hall–Kier alpha value is -0.590. The number of carboxylic acid groups (broad SMARTS) is 1. The van der Waals surface area contributed by atoms with Crippen molar-refractivity contribution in [3.8, 4) is 5.75 Å². The monoisotopic (exact) mass is 337 g/mol. The molecule has 1 rings (SSSR count). The molecule has 4 N–H and O–H groups in total. The van der Waals surface area contributed by atoms with Gasteiger partial charge in [0.15, 0.2) is 0 Å². The lowest BCUT2D eigenvalue weighted by Crippen LogP contribution is -2.32. The predicted octanol–water partition coefficient (Wildman–Crippen LogP) is 1.87. The molecule has 0 fully saturated rings. The van der Waals surface area contributed by atoms with Crippen LogP contribution in [0, 0.1) is 0 Å². The molecule has 0 saturated carbocycles. The van der Waals surface area contributed by atoms with Crippen LogP contribution in [0.1, 0.15) is 5.56 Å². The van der Waals surface area contributed by atoms with Gasteiger partial charge in [-0.3, -0.25) is 4.79 Å². The lowest BCUT2D eigenvalue weighted by Gasteiger charge is -2.09. The zero-order chi connectivity index (χ0) is 11.6. The summed E-state index contributed by atoms with van der Waals surface area (Å²) in [5, 5.41) is 18.0. The van der Waals surface area contributed by atoms with Crippen LogP contribution in [0.15, 0.2) is 21.1 Å². The van der Waals surface area contributed by atoms with Crippen molar-refractivity contribution in [1.82, 2.24) is 0 Å². The van der Waals surface area contributed by atoms with E-state index < -0.39 is 12.0 Å². The Morgan fingerprint density at radius 1 is 1.40 bits per heavy atom. The molecule has 0 aliphatic heterocycles. The molecule has 0 aliphatic carbocycles. The van der Waals surface area contributed by atoms with Crippen LogP contribution >= 0.6 is 31.9 Å². The first-order valence-electron chi connectivity index (χ1n) is 4.07. The summed E-state index contributed by atoms with van der Waals surface area (Å²) < 4.78 is 1.15. The van der Waals surface area contributed by atoms with Gasteiger partial charge >= 0.3 is 5.97 Å². The van der Waals surface area contributed by atoms with Gasteiger partial charge in [0.2, 0.25) is 0 Å². The molecule has 0 aromatic heterocycles. The van der Waals surface area contributed by atoms with Crippen LogP contribution in [0.25, 0.3) is 0 Å². The third-order valence-corrected chi connectivity index (χ3v) is 3.25. The van der Waals surface area contributed by atoms with Crippen LogP contribution in [-0.2, 0) is 11.2 Å². The van der Waals surface area contributed by atoms with Crippen LogP contribution in [0.5, 0.6) is 5.75 Å². The molecule has 0 bridgehead atoms. The summed E-state index contributed by atoms with van der Waals surface area (Å²) in [6, 6.07) is 2.19. The van der Waals surface area contributed by atoms with Crippen molar-refractivity contribution in [2.24, 2.45) is 5.73 Å². The van der Waals surface area contributed by atoms with E-state index in [4.69, 9.17) is 10.8 Å². The van der Waals surface area contributed by atoms with Gasteiger partial charge in [-0.25, -0.2) is 0 Å². The van der Waals surface area contributed by atoms with E-state index in [1.54, 1.807) is 6.07 Å². The number of hydrogen-bond donors (Lipinski definition) is 3. The van der Waals surface area contributed by atoms with Gasteiger partial charge in [0.1, 0.15) is 11.8 Å². The van der Waals surface area contributed by atoms with Gasteiger partial charge in [-0.1, -0.05) is 15.9 Å². The second-order valence-corrected chi connectivity index (χ2v) is 4.75. The van der Waals surface area contributed by atoms with Crippen LogP contribution < -0.4 is 5.73 Å². The molecule has 0 radical (unpaired) electrons. The molecule has 15 heavy (non-hydrogen) atoms. The quantitative estimate of drug-likeness (QED) is 0.785. The van der Waals surface area contributed by atoms with Crippen LogP contribution in [0.2, 0.25) is 0 Å².